The van der Waals surface area contributed by atoms with Gasteiger partial charge in [0, 0.05) is 12.8 Å². The maximum atomic E-state index is 13.6. The van der Waals surface area contributed by atoms with Crippen molar-refractivity contribution in [2.24, 2.45) is 0 Å². The van der Waals surface area contributed by atoms with Crippen molar-refractivity contribution in [1.82, 2.24) is 5.32 Å². The monoisotopic (exact) mass is 1180 g/mol. The summed E-state index contributed by atoms with van der Waals surface area (Å²) in [4.78, 5) is 40.2. The van der Waals surface area contributed by atoms with Gasteiger partial charge in [0.15, 0.2) is 0 Å². The highest BCUT2D eigenvalue weighted by atomic mass is 31.2. The third-order valence-electron chi connectivity index (χ3n) is 15.0. The molecule has 83 heavy (non-hydrogen) atoms. The lowest BCUT2D eigenvalue weighted by atomic mass is 10.0. The first-order valence-electron chi connectivity index (χ1n) is 34.5. The topological polar surface area (TPSA) is 114 Å². The molecule has 0 aliphatic carbocycles. The number of unbranched alkanes of at least 4 members (excludes halogenated alkanes) is 32. The third kappa shape index (κ3) is 63.3. The van der Waals surface area contributed by atoms with Gasteiger partial charge in [0.2, 0.25) is 5.91 Å². The Labute approximate surface area is 513 Å². The average Bonchev–Trinajstić information content (AvgIpc) is 3.47. The van der Waals surface area contributed by atoms with Gasteiger partial charge in [0.25, 0.3) is 7.82 Å². The van der Waals surface area contributed by atoms with E-state index in [9.17, 15) is 19.0 Å². The summed E-state index contributed by atoms with van der Waals surface area (Å²) in [6.07, 6.45) is 83.7. The number of phosphoric acid groups is 1. The average molecular weight is 1180 g/mol. The molecule has 10 heteroatoms. The number of ether oxygens (including phenoxy) is 1. The Morgan fingerprint density at radius 1 is 0.422 bits per heavy atom. The normalized spacial score (nSPS) is 14.2. The van der Waals surface area contributed by atoms with Gasteiger partial charge in [-0.05, 0) is 115 Å². The van der Waals surface area contributed by atoms with Gasteiger partial charge in [-0.1, -0.05) is 272 Å². The van der Waals surface area contributed by atoms with Crippen molar-refractivity contribution in [3.8, 4) is 0 Å². The van der Waals surface area contributed by atoms with Crippen molar-refractivity contribution >= 4 is 19.7 Å². The minimum atomic E-state index is -4.71. The summed E-state index contributed by atoms with van der Waals surface area (Å²) >= 11 is 0. The van der Waals surface area contributed by atoms with Crippen molar-refractivity contribution in [3.05, 3.63) is 97.2 Å². The molecule has 0 bridgehead atoms. The molecule has 0 aromatic heterocycles. The molecule has 9 nitrogen and oxygen atoms in total. The van der Waals surface area contributed by atoms with E-state index in [1.807, 2.05) is 33.3 Å². The number of carbonyl (C=O) groups is 2. The number of rotatable bonds is 62. The van der Waals surface area contributed by atoms with Crippen LogP contribution in [0.15, 0.2) is 97.2 Å². The molecule has 0 rings (SSSR count). The van der Waals surface area contributed by atoms with Crippen LogP contribution in [-0.4, -0.2) is 69.4 Å². The molecule has 3 atom stereocenters. The lowest BCUT2D eigenvalue weighted by Gasteiger charge is -2.30. The van der Waals surface area contributed by atoms with Crippen LogP contribution < -0.4 is 10.2 Å². The van der Waals surface area contributed by atoms with Crippen LogP contribution >= 0.6 is 7.82 Å². The number of esters is 1. The van der Waals surface area contributed by atoms with Crippen molar-refractivity contribution in [3.63, 3.8) is 0 Å². The van der Waals surface area contributed by atoms with Crippen LogP contribution in [0.4, 0.5) is 0 Å². The third-order valence-corrected chi connectivity index (χ3v) is 16.0. The molecule has 0 aliphatic rings. The molecule has 0 heterocycles. The van der Waals surface area contributed by atoms with E-state index in [1.54, 1.807) is 0 Å². The number of likely N-dealkylation sites (N-methyl/N-ethyl adjacent to an activating group) is 1. The second kappa shape index (κ2) is 62.0. The smallest absolute Gasteiger partial charge is 0.306 e. The number of quaternary nitrogens is 1. The first-order valence-corrected chi connectivity index (χ1v) is 36.0. The summed E-state index contributed by atoms with van der Waals surface area (Å²) in [5, 5.41) is 3.03. The van der Waals surface area contributed by atoms with Gasteiger partial charge in [0.05, 0.1) is 33.8 Å². The fraction of sp³-hybridized carbons (Fsp3) is 0.753. The first-order chi connectivity index (χ1) is 40.4. The predicted octanol–water partition coefficient (Wildman–Crippen LogP) is 21.3. The van der Waals surface area contributed by atoms with Crippen LogP contribution in [0.3, 0.4) is 0 Å². The van der Waals surface area contributed by atoms with Crippen LogP contribution in [0, 0.1) is 0 Å². The fourth-order valence-corrected chi connectivity index (χ4v) is 10.4. The number of nitrogens with zero attached hydrogens (tertiary/aromatic N) is 1. The van der Waals surface area contributed by atoms with E-state index in [0.717, 1.165) is 109 Å². The molecule has 3 unspecified atom stereocenters. The Morgan fingerprint density at radius 3 is 1.12 bits per heavy atom. The van der Waals surface area contributed by atoms with Gasteiger partial charge >= 0.3 is 5.97 Å². The zero-order chi connectivity index (χ0) is 60.7. The van der Waals surface area contributed by atoms with Crippen molar-refractivity contribution in [1.29, 1.82) is 0 Å². The van der Waals surface area contributed by atoms with Crippen LogP contribution in [0.1, 0.15) is 303 Å². The van der Waals surface area contributed by atoms with E-state index in [1.165, 1.54) is 154 Å². The standard InChI is InChI=1S/C73H131N2O7P/c1-7-10-13-16-19-22-25-28-30-32-34-36-37-39-41-43-45-48-51-54-57-60-63-66-73(77)82-71(64-61-58-55-52-49-46-27-24-21-18-15-12-9-3)70(69-81-83(78,79)80-68-67-75(4,5)6)74-72(76)65-62-59-56-53-50-47-44-42-40-38-35-33-31-29-26-23-20-17-14-11-8-2/h19-20,22-23,28-31,34-36,38-39,41,61,64,70-71H,7-18,21,24-27,32-33,37,40,42-60,62-63,65-69H2,1-6H3,(H-,74,76,78,79)/b22-19-,23-20-,30-28-,31-29-,36-34-,38-35-,41-39-,64-61+. The van der Waals surface area contributed by atoms with Gasteiger partial charge in [-0.25, -0.2) is 0 Å². The molecule has 1 amide bonds. The van der Waals surface area contributed by atoms with Crippen LogP contribution in [-0.2, 0) is 27.9 Å². The minimum Gasteiger partial charge on any atom is -0.756 e. The Balaban J connectivity index is 5.21. The zero-order valence-corrected chi connectivity index (χ0v) is 55.8. The second-order valence-corrected chi connectivity index (χ2v) is 25.7. The van der Waals surface area contributed by atoms with E-state index in [0.29, 0.717) is 23.9 Å². The van der Waals surface area contributed by atoms with Crippen LogP contribution in [0.2, 0.25) is 0 Å². The SMILES string of the molecule is CCCCC/C=C\C/C=C\C/C=C\C/C=C\CCCCCCCCCC(=O)OC(/C=C/CCCCCCCCCCCCC)C(COP(=O)([O-])OCC[N+](C)(C)C)NC(=O)CCCCCCCCCC/C=C\C/C=C\C/C=C\CCCCC. The van der Waals surface area contributed by atoms with Gasteiger partial charge in [-0.2, -0.15) is 0 Å². The lowest BCUT2D eigenvalue weighted by molar-refractivity contribution is -0.870. The van der Waals surface area contributed by atoms with Crippen molar-refractivity contribution in [2.45, 2.75) is 315 Å². The van der Waals surface area contributed by atoms with Gasteiger partial charge in [0.1, 0.15) is 19.3 Å². The molecular formula is C73H131N2O7P. The summed E-state index contributed by atoms with van der Waals surface area (Å²) in [6, 6.07) is -0.904. The second-order valence-electron chi connectivity index (χ2n) is 24.3. The van der Waals surface area contributed by atoms with Gasteiger partial charge < -0.3 is 28.5 Å². The highest BCUT2D eigenvalue weighted by Crippen LogP contribution is 2.38. The minimum absolute atomic E-state index is 0.0298. The summed E-state index contributed by atoms with van der Waals surface area (Å²) < 4.78 is 30.4. The van der Waals surface area contributed by atoms with E-state index >= 15 is 0 Å². The van der Waals surface area contributed by atoms with Crippen molar-refractivity contribution in [2.75, 3.05) is 40.9 Å². The van der Waals surface area contributed by atoms with E-state index in [-0.39, 0.29) is 24.9 Å². The van der Waals surface area contributed by atoms with E-state index < -0.39 is 26.6 Å². The highest BCUT2D eigenvalue weighted by Gasteiger charge is 2.27. The van der Waals surface area contributed by atoms with Gasteiger partial charge in [-0.3, -0.25) is 14.2 Å². The molecule has 0 saturated heterocycles. The molecular weight excluding hydrogens is 1050 g/mol. The molecule has 0 aliphatic heterocycles. The summed E-state index contributed by atoms with van der Waals surface area (Å²) in [5.41, 5.74) is 0. The van der Waals surface area contributed by atoms with Crippen LogP contribution in [0.5, 0.6) is 0 Å². The first kappa shape index (κ1) is 79.9. The number of nitrogens with one attached hydrogen (secondary N) is 1. The van der Waals surface area contributed by atoms with Crippen LogP contribution in [0.25, 0.3) is 0 Å². The number of phosphoric ester groups is 1. The van der Waals surface area contributed by atoms with E-state index in [4.69, 9.17) is 13.8 Å². The van der Waals surface area contributed by atoms with E-state index in [2.05, 4.69) is 111 Å². The van der Waals surface area contributed by atoms with Gasteiger partial charge in [-0.15, -0.1) is 0 Å². The maximum absolute atomic E-state index is 13.6. The summed E-state index contributed by atoms with van der Waals surface area (Å²) in [6.45, 7) is 6.79. The largest absolute Gasteiger partial charge is 0.756 e. The molecule has 0 spiro atoms. The number of hydrogen-bond acceptors (Lipinski definition) is 7. The summed E-state index contributed by atoms with van der Waals surface area (Å²) in [7, 11) is 1.17. The molecule has 0 aromatic carbocycles. The molecule has 480 valence electrons. The predicted molar refractivity (Wildman–Crippen MR) is 358 cm³/mol. The zero-order valence-electron chi connectivity index (χ0n) is 54.9. The Kier molecular flexibility index (Phi) is 59.7. The number of allylic oxidation sites excluding steroid dienone is 15. The Morgan fingerprint density at radius 2 is 0.735 bits per heavy atom. The fourth-order valence-electron chi connectivity index (χ4n) is 9.63. The molecule has 0 radical (unpaired) electrons. The molecule has 0 aromatic rings. The molecule has 1 N–H and O–H groups in total. The number of hydrogen-bond donors (Lipinski definition) is 1. The number of carbonyl (C=O) groups excluding carboxylic acids is 2. The highest BCUT2D eigenvalue weighted by molar-refractivity contribution is 7.45. The van der Waals surface area contributed by atoms with Crippen molar-refractivity contribution < 1.29 is 37.3 Å². The molecule has 0 fully saturated rings. The Bertz CT molecular complexity index is 1740. The summed E-state index contributed by atoms with van der Waals surface area (Å²) in [5.74, 6) is -0.559. The number of amides is 1. The quantitative estimate of drug-likeness (QED) is 0.0212. The molecule has 0 saturated carbocycles. The maximum Gasteiger partial charge on any atom is 0.306 e. The lowest BCUT2D eigenvalue weighted by Crippen LogP contribution is -2.47. The Hall–Kier alpha value is -3.07.